The maximum absolute atomic E-state index is 12.8. The third-order valence-corrected chi connectivity index (χ3v) is 5.86. The Morgan fingerprint density at radius 3 is 2.44 bits per heavy atom. The van der Waals surface area contributed by atoms with Gasteiger partial charge < -0.3 is 10.2 Å². The van der Waals surface area contributed by atoms with Crippen molar-refractivity contribution in [1.29, 1.82) is 0 Å². The number of nitrogens with one attached hydrogen (secondary N) is 2. The average molecular weight is 392 g/mol. The van der Waals surface area contributed by atoms with Gasteiger partial charge in [-0.1, -0.05) is 12.1 Å². The molecule has 3 aliphatic rings. The molecule has 3 aliphatic heterocycles. The van der Waals surface area contributed by atoms with Crippen molar-refractivity contribution < 1.29 is 14.4 Å². The minimum atomic E-state index is -0.546. The molecule has 2 fully saturated rings. The van der Waals surface area contributed by atoms with Crippen molar-refractivity contribution in [2.45, 2.75) is 70.1 Å². The molecular weight excluding hydrogens is 366 g/mol. The Labute approximate surface area is 165 Å². The number of rotatable bonds is 2. The third kappa shape index (κ3) is 3.73. The Kier molecular flexibility index (Phi) is 5.58. The van der Waals surface area contributed by atoms with E-state index >= 15 is 0 Å². The van der Waals surface area contributed by atoms with E-state index in [1.54, 1.807) is 4.90 Å². The highest BCUT2D eigenvalue weighted by Gasteiger charge is 2.39. The second kappa shape index (κ2) is 7.60. The lowest BCUT2D eigenvalue weighted by atomic mass is 9.83. The van der Waals surface area contributed by atoms with Crippen molar-refractivity contribution in [3.8, 4) is 0 Å². The molecule has 27 heavy (non-hydrogen) atoms. The summed E-state index contributed by atoms with van der Waals surface area (Å²) in [4.78, 5) is 37.9. The van der Waals surface area contributed by atoms with Gasteiger partial charge in [-0.15, -0.1) is 12.4 Å². The number of halogens is 1. The van der Waals surface area contributed by atoms with Crippen LogP contribution in [0.3, 0.4) is 0 Å². The van der Waals surface area contributed by atoms with Crippen LogP contribution in [0, 0.1) is 0 Å². The van der Waals surface area contributed by atoms with Crippen molar-refractivity contribution in [1.82, 2.24) is 15.5 Å². The van der Waals surface area contributed by atoms with E-state index in [1.165, 1.54) is 5.56 Å². The fourth-order valence-electron chi connectivity index (χ4n) is 4.69. The van der Waals surface area contributed by atoms with Crippen LogP contribution in [0.4, 0.5) is 0 Å². The van der Waals surface area contributed by atoms with Crippen LogP contribution in [-0.2, 0) is 16.1 Å². The maximum atomic E-state index is 12.8. The lowest BCUT2D eigenvalue weighted by molar-refractivity contribution is -0.136. The molecule has 1 aromatic rings. The zero-order valence-electron chi connectivity index (χ0n) is 15.7. The third-order valence-electron chi connectivity index (χ3n) is 5.86. The summed E-state index contributed by atoms with van der Waals surface area (Å²) < 4.78 is 0. The standard InChI is InChI=1S/C20H25N3O3.ClH/c1-11-7-14(8-12(2)21-11)13-3-4-16-15(9-13)10-23(20(16)26)17-5-6-18(24)22-19(17)25;/h3-4,9,11-12,14,17,21H,5-8,10H2,1-2H3,(H,22,24,25);1H. The number of fused-ring (bicyclic) bond motifs is 1. The summed E-state index contributed by atoms with van der Waals surface area (Å²) in [6, 6.07) is 6.55. The van der Waals surface area contributed by atoms with Gasteiger partial charge in [0, 0.05) is 30.6 Å². The predicted molar refractivity (Wildman–Crippen MR) is 104 cm³/mol. The number of carbonyl (C=O) groups excluding carboxylic acids is 3. The molecule has 146 valence electrons. The van der Waals surface area contributed by atoms with E-state index in [-0.39, 0.29) is 36.5 Å². The van der Waals surface area contributed by atoms with Gasteiger partial charge in [0.25, 0.3) is 5.91 Å². The summed E-state index contributed by atoms with van der Waals surface area (Å²) in [6.45, 7) is 4.87. The summed E-state index contributed by atoms with van der Waals surface area (Å²) in [7, 11) is 0. The van der Waals surface area contributed by atoms with Gasteiger partial charge in [0.15, 0.2) is 0 Å². The molecule has 4 rings (SSSR count). The van der Waals surface area contributed by atoms with Crippen molar-refractivity contribution in [2.75, 3.05) is 0 Å². The molecule has 1 aromatic carbocycles. The highest BCUT2D eigenvalue weighted by Crippen LogP contribution is 2.34. The Morgan fingerprint density at radius 2 is 1.78 bits per heavy atom. The van der Waals surface area contributed by atoms with Crippen LogP contribution in [0.5, 0.6) is 0 Å². The fraction of sp³-hybridized carbons (Fsp3) is 0.550. The first-order valence-corrected chi connectivity index (χ1v) is 9.46. The number of hydrogen-bond acceptors (Lipinski definition) is 4. The number of imide groups is 1. The Hall–Kier alpha value is -1.92. The molecule has 0 radical (unpaired) electrons. The molecule has 0 bridgehead atoms. The first-order valence-electron chi connectivity index (χ1n) is 9.46. The number of hydrogen-bond donors (Lipinski definition) is 2. The lowest BCUT2D eigenvalue weighted by Crippen LogP contribution is -2.52. The summed E-state index contributed by atoms with van der Waals surface area (Å²) in [5.41, 5.74) is 2.96. The van der Waals surface area contributed by atoms with E-state index in [0.717, 1.165) is 18.4 Å². The van der Waals surface area contributed by atoms with Crippen LogP contribution < -0.4 is 10.6 Å². The summed E-state index contributed by atoms with van der Waals surface area (Å²) in [5.74, 6) is -0.227. The van der Waals surface area contributed by atoms with E-state index < -0.39 is 6.04 Å². The van der Waals surface area contributed by atoms with Gasteiger partial charge >= 0.3 is 0 Å². The zero-order valence-corrected chi connectivity index (χ0v) is 16.5. The van der Waals surface area contributed by atoms with E-state index in [2.05, 4.69) is 36.6 Å². The second-order valence-electron chi connectivity index (χ2n) is 7.95. The highest BCUT2D eigenvalue weighted by molar-refractivity contribution is 6.05. The Morgan fingerprint density at radius 1 is 1.07 bits per heavy atom. The fourth-order valence-corrected chi connectivity index (χ4v) is 4.69. The SMILES string of the molecule is CC1CC(c2ccc3c(c2)CN(C2CCC(=O)NC2=O)C3=O)CC(C)N1.Cl. The zero-order chi connectivity index (χ0) is 18.4. The summed E-state index contributed by atoms with van der Waals surface area (Å²) in [5, 5.41) is 5.91. The van der Waals surface area contributed by atoms with Crippen LogP contribution >= 0.6 is 12.4 Å². The average Bonchev–Trinajstić information content (AvgIpc) is 2.90. The van der Waals surface area contributed by atoms with Crippen LogP contribution in [0.1, 0.15) is 66.9 Å². The molecule has 0 spiro atoms. The second-order valence-corrected chi connectivity index (χ2v) is 7.95. The van der Waals surface area contributed by atoms with Gasteiger partial charge in [-0.05, 0) is 56.2 Å². The summed E-state index contributed by atoms with van der Waals surface area (Å²) in [6.07, 6.45) is 2.87. The van der Waals surface area contributed by atoms with Crippen molar-refractivity contribution in [3.05, 3.63) is 34.9 Å². The topological polar surface area (TPSA) is 78.5 Å². The van der Waals surface area contributed by atoms with Crippen LogP contribution in [0.2, 0.25) is 0 Å². The maximum Gasteiger partial charge on any atom is 0.255 e. The van der Waals surface area contributed by atoms with E-state index in [9.17, 15) is 14.4 Å². The minimum absolute atomic E-state index is 0. The molecule has 0 aliphatic carbocycles. The van der Waals surface area contributed by atoms with Crippen molar-refractivity contribution in [3.63, 3.8) is 0 Å². The van der Waals surface area contributed by atoms with Crippen LogP contribution in [0.15, 0.2) is 18.2 Å². The molecule has 0 aromatic heterocycles. The number of piperidine rings is 2. The quantitative estimate of drug-likeness (QED) is 0.757. The molecule has 0 saturated carbocycles. The summed E-state index contributed by atoms with van der Waals surface area (Å²) >= 11 is 0. The number of carbonyl (C=O) groups is 3. The number of amides is 3. The van der Waals surface area contributed by atoms with Crippen molar-refractivity contribution >= 4 is 30.1 Å². The normalized spacial score (nSPS) is 30.6. The molecule has 3 amide bonds. The largest absolute Gasteiger partial charge is 0.322 e. The van der Waals surface area contributed by atoms with Gasteiger partial charge in [0.1, 0.15) is 6.04 Å². The number of benzene rings is 1. The first-order chi connectivity index (χ1) is 12.4. The highest BCUT2D eigenvalue weighted by atomic mass is 35.5. The first kappa shape index (κ1) is 19.8. The Balaban J connectivity index is 0.00000210. The predicted octanol–water partition coefficient (Wildman–Crippen LogP) is 2.11. The molecule has 6 nitrogen and oxygen atoms in total. The molecule has 7 heteroatoms. The van der Waals surface area contributed by atoms with Gasteiger partial charge in [0.2, 0.25) is 11.8 Å². The minimum Gasteiger partial charge on any atom is -0.322 e. The van der Waals surface area contributed by atoms with Gasteiger partial charge in [-0.25, -0.2) is 0 Å². The van der Waals surface area contributed by atoms with Gasteiger partial charge in [-0.2, -0.15) is 0 Å². The van der Waals surface area contributed by atoms with Crippen LogP contribution in [0.25, 0.3) is 0 Å². The van der Waals surface area contributed by atoms with E-state index in [1.807, 2.05) is 6.07 Å². The smallest absolute Gasteiger partial charge is 0.255 e. The van der Waals surface area contributed by atoms with Gasteiger partial charge in [0.05, 0.1) is 0 Å². The molecule has 3 atom stereocenters. The van der Waals surface area contributed by atoms with Crippen LogP contribution in [-0.4, -0.2) is 40.7 Å². The molecule has 3 unspecified atom stereocenters. The molecule has 2 N–H and O–H groups in total. The lowest BCUT2D eigenvalue weighted by Gasteiger charge is -2.33. The Bertz CT molecular complexity index is 772. The number of nitrogens with zero attached hydrogens (tertiary/aromatic N) is 1. The van der Waals surface area contributed by atoms with E-state index in [4.69, 9.17) is 0 Å². The monoisotopic (exact) mass is 391 g/mol. The van der Waals surface area contributed by atoms with Crippen molar-refractivity contribution in [2.24, 2.45) is 0 Å². The molecular formula is C20H26ClN3O3. The van der Waals surface area contributed by atoms with Gasteiger partial charge in [-0.3, -0.25) is 19.7 Å². The molecule has 2 saturated heterocycles. The van der Waals surface area contributed by atoms with E-state index in [0.29, 0.717) is 36.5 Å². The molecule has 3 heterocycles.